The first-order chi connectivity index (χ1) is 16.0. The first kappa shape index (κ1) is 21.9. The molecule has 4 rings (SSSR count). The van der Waals surface area contributed by atoms with Crippen LogP contribution in [0.3, 0.4) is 0 Å². The molecule has 1 aliphatic rings. The van der Waals surface area contributed by atoms with Crippen molar-refractivity contribution in [3.05, 3.63) is 96.1 Å². The van der Waals surface area contributed by atoms with E-state index in [2.05, 4.69) is 0 Å². The fourth-order valence-corrected chi connectivity index (χ4v) is 3.72. The number of para-hydroxylation sites is 2. The van der Waals surface area contributed by atoms with Crippen molar-refractivity contribution in [2.45, 2.75) is 0 Å². The molecule has 0 atom stereocenters. The average molecular weight is 458 g/mol. The van der Waals surface area contributed by atoms with Gasteiger partial charge in [0.2, 0.25) is 0 Å². The van der Waals surface area contributed by atoms with Gasteiger partial charge in [-0.25, -0.2) is 4.79 Å². The minimum atomic E-state index is -1.11. The third-order valence-electron chi connectivity index (χ3n) is 4.81. The first-order valence-corrected chi connectivity index (χ1v) is 10.4. The minimum absolute atomic E-state index is 0.0538. The molecule has 0 spiro atoms. The van der Waals surface area contributed by atoms with Crippen LogP contribution in [0.4, 0.5) is 11.4 Å². The van der Waals surface area contributed by atoms with Crippen molar-refractivity contribution in [2.24, 2.45) is 0 Å². The highest BCUT2D eigenvalue weighted by molar-refractivity contribution is 7.81. The van der Waals surface area contributed by atoms with Crippen molar-refractivity contribution in [2.75, 3.05) is 16.4 Å². The lowest BCUT2D eigenvalue weighted by molar-refractivity contribution is -0.139. The summed E-state index contributed by atoms with van der Waals surface area (Å²) in [5.41, 5.74) is 1.48. The summed E-state index contributed by atoms with van der Waals surface area (Å²) < 4.78 is 5.21. The molecule has 33 heavy (non-hydrogen) atoms. The number of benzene rings is 3. The van der Waals surface area contributed by atoms with E-state index in [1.807, 2.05) is 12.1 Å². The zero-order valence-electron chi connectivity index (χ0n) is 17.3. The van der Waals surface area contributed by atoms with Crippen LogP contribution >= 0.6 is 12.2 Å². The minimum Gasteiger partial charge on any atom is -0.482 e. The van der Waals surface area contributed by atoms with Crippen molar-refractivity contribution >= 4 is 52.6 Å². The summed E-state index contributed by atoms with van der Waals surface area (Å²) in [6.45, 7) is -0.504. The summed E-state index contributed by atoms with van der Waals surface area (Å²) in [6, 6.07) is 24.2. The molecule has 1 saturated heterocycles. The van der Waals surface area contributed by atoms with Crippen molar-refractivity contribution in [3.63, 3.8) is 0 Å². The molecule has 8 heteroatoms. The fraction of sp³-hybridized carbons (Fsp3) is 0.0400. The fourth-order valence-electron chi connectivity index (χ4n) is 3.34. The maximum Gasteiger partial charge on any atom is 0.341 e. The molecule has 3 aromatic carbocycles. The molecule has 7 nitrogen and oxygen atoms in total. The van der Waals surface area contributed by atoms with Gasteiger partial charge < -0.3 is 9.84 Å². The SMILES string of the molecule is O=C(O)COc1cccc(C=C2C(=O)N(c3ccccc3)C(=S)N(c3ccccc3)C2=O)c1. The van der Waals surface area contributed by atoms with Gasteiger partial charge in [0.05, 0.1) is 11.4 Å². The smallest absolute Gasteiger partial charge is 0.341 e. The zero-order chi connectivity index (χ0) is 23.4. The van der Waals surface area contributed by atoms with E-state index in [9.17, 15) is 14.4 Å². The highest BCUT2D eigenvalue weighted by atomic mass is 32.1. The Morgan fingerprint density at radius 2 is 1.39 bits per heavy atom. The number of carboxylic acid groups (broad SMARTS) is 1. The number of thiocarbonyl (C=S) groups is 1. The van der Waals surface area contributed by atoms with E-state index in [0.717, 1.165) is 0 Å². The molecule has 0 radical (unpaired) electrons. The van der Waals surface area contributed by atoms with Crippen molar-refractivity contribution in [1.29, 1.82) is 0 Å². The number of amides is 2. The summed E-state index contributed by atoms with van der Waals surface area (Å²) in [4.78, 5) is 40.3. The van der Waals surface area contributed by atoms with Gasteiger partial charge in [-0.1, -0.05) is 48.5 Å². The predicted octanol–water partition coefficient (Wildman–Crippen LogP) is 3.90. The Balaban J connectivity index is 1.79. The monoisotopic (exact) mass is 458 g/mol. The quantitative estimate of drug-likeness (QED) is 0.343. The van der Waals surface area contributed by atoms with Crippen molar-refractivity contribution in [3.8, 4) is 5.75 Å². The van der Waals surface area contributed by atoms with E-state index in [0.29, 0.717) is 22.7 Å². The number of hydrogen-bond donors (Lipinski definition) is 1. The van der Waals surface area contributed by atoms with Crippen LogP contribution in [-0.4, -0.2) is 34.6 Å². The van der Waals surface area contributed by atoms with Gasteiger partial charge in [0.25, 0.3) is 11.8 Å². The van der Waals surface area contributed by atoms with Crippen LogP contribution in [0, 0.1) is 0 Å². The van der Waals surface area contributed by atoms with Crippen molar-refractivity contribution in [1.82, 2.24) is 0 Å². The first-order valence-electron chi connectivity index (χ1n) is 9.95. The standard InChI is InChI=1S/C25H18N2O5S/c28-22(29)16-32-20-13-7-8-17(14-20)15-21-23(30)26(18-9-3-1-4-10-18)25(33)27(24(21)31)19-11-5-2-6-12-19/h1-15H,16H2,(H,28,29). The number of carbonyl (C=O) groups excluding carboxylic acids is 2. The second kappa shape index (κ2) is 9.46. The lowest BCUT2D eigenvalue weighted by atomic mass is 10.0. The summed E-state index contributed by atoms with van der Waals surface area (Å²) in [7, 11) is 0. The van der Waals surface area contributed by atoms with Gasteiger partial charge in [0.15, 0.2) is 11.7 Å². The van der Waals surface area contributed by atoms with Crippen LogP contribution in [0.15, 0.2) is 90.5 Å². The Hall–Kier alpha value is -4.30. The maximum atomic E-state index is 13.4. The molecule has 1 heterocycles. The third kappa shape index (κ3) is 4.65. The predicted molar refractivity (Wildman–Crippen MR) is 128 cm³/mol. The van der Waals surface area contributed by atoms with Gasteiger partial charge in [-0.15, -0.1) is 0 Å². The molecule has 1 N–H and O–H groups in total. The van der Waals surface area contributed by atoms with Crippen LogP contribution in [0.2, 0.25) is 0 Å². The van der Waals surface area contributed by atoms with E-state index in [1.165, 1.54) is 15.9 Å². The number of rotatable bonds is 6. The number of carboxylic acids is 1. The van der Waals surface area contributed by atoms with Crippen molar-refractivity contribution < 1.29 is 24.2 Å². The van der Waals surface area contributed by atoms with E-state index in [-0.39, 0.29) is 10.7 Å². The van der Waals surface area contributed by atoms with Gasteiger partial charge in [0.1, 0.15) is 11.3 Å². The highest BCUT2D eigenvalue weighted by Crippen LogP contribution is 2.30. The number of aliphatic carboxylic acids is 1. The molecular formula is C25H18N2O5S. The number of anilines is 2. The summed E-state index contributed by atoms with van der Waals surface area (Å²) in [5.74, 6) is -1.92. The molecule has 164 valence electrons. The van der Waals surface area contributed by atoms with Gasteiger partial charge in [0, 0.05) is 0 Å². The Labute approximate surface area is 195 Å². The Morgan fingerprint density at radius 1 is 0.848 bits per heavy atom. The Morgan fingerprint density at radius 3 is 1.91 bits per heavy atom. The molecule has 2 amide bonds. The Bertz CT molecular complexity index is 1190. The average Bonchev–Trinajstić information content (AvgIpc) is 2.82. The van der Waals surface area contributed by atoms with Crippen LogP contribution < -0.4 is 14.5 Å². The van der Waals surface area contributed by atoms with Gasteiger partial charge in [-0.3, -0.25) is 19.4 Å². The Kier molecular flexibility index (Phi) is 6.28. The molecule has 1 aliphatic heterocycles. The van der Waals surface area contributed by atoms with E-state index < -0.39 is 24.4 Å². The van der Waals surface area contributed by atoms with E-state index in [1.54, 1.807) is 72.8 Å². The number of ether oxygens (including phenoxy) is 1. The van der Waals surface area contributed by atoms with Gasteiger partial charge >= 0.3 is 5.97 Å². The summed E-state index contributed by atoms with van der Waals surface area (Å²) in [5, 5.41) is 8.88. The lowest BCUT2D eigenvalue weighted by Crippen LogP contribution is -2.56. The number of nitrogens with zero attached hydrogens (tertiary/aromatic N) is 2. The number of carbonyl (C=O) groups is 3. The third-order valence-corrected chi connectivity index (χ3v) is 5.17. The maximum absolute atomic E-state index is 13.4. The second-order valence-electron chi connectivity index (χ2n) is 7.05. The number of hydrogen-bond acceptors (Lipinski definition) is 5. The zero-order valence-corrected chi connectivity index (χ0v) is 18.1. The molecule has 0 unspecified atom stereocenters. The van der Waals surface area contributed by atoms with Gasteiger partial charge in [-0.05, 0) is 60.3 Å². The normalized spacial score (nSPS) is 13.8. The summed E-state index contributed by atoms with van der Waals surface area (Å²) >= 11 is 5.57. The molecular weight excluding hydrogens is 440 g/mol. The van der Waals surface area contributed by atoms with E-state index >= 15 is 0 Å². The lowest BCUT2D eigenvalue weighted by Gasteiger charge is -2.36. The van der Waals surface area contributed by atoms with Crippen LogP contribution in [-0.2, 0) is 14.4 Å². The van der Waals surface area contributed by atoms with Gasteiger partial charge in [-0.2, -0.15) is 0 Å². The van der Waals surface area contributed by atoms with Crippen LogP contribution in [0.5, 0.6) is 5.75 Å². The second-order valence-corrected chi connectivity index (χ2v) is 7.41. The molecule has 0 saturated carbocycles. The topological polar surface area (TPSA) is 87.2 Å². The van der Waals surface area contributed by atoms with E-state index in [4.69, 9.17) is 22.1 Å². The summed E-state index contributed by atoms with van der Waals surface area (Å²) in [6.07, 6.45) is 1.45. The highest BCUT2D eigenvalue weighted by Gasteiger charge is 2.41. The van der Waals surface area contributed by atoms with Crippen LogP contribution in [0.25, 0.3) is 6.08 Å². The van der Waals surface area contributed by atoms with Crippen LogP contribution in [0.1, 0.15) is 5.56 Å². The molecule has 0 bridgehead atoms. The molecule has 3 aromatic rings. The largest absolute Gasteiger partial charge is 0.482 e. The molecule has 0 aromatic heterocycles. The molecule has 1 fully saturated rings. The molecule has 0 aliphatic carbocycles.